The molecule has 39 heavy (non-hydrogen) atoms. The molecule has 0 amide bonds. The lowest BCUT2D eigenvalue weighted by atomic mass is 10.1. The molecule has 0 unspecified atom stereocenters. The van der Waals surface area contributed by atoms with Crippen molar-refractivity contribution in [3.05, 3.63) is 144 Å². The van der Waals surface area contributed by atoms with E-state index in [-0.39, 0.29) is 0 Å². The summed E-state index contributed by atoms with van der Waals surface area (Å²) in [6, 6.07) is 42.7. The van der Waals surface area contributed by atoms with Crippen molar-refractivity contribution in [2.24, 2.45) is 0 Å². The summed E-state index contributed by atoms with van der Waals surface area (Å²) >= 11 is 0. The smallest absolute Gasteiger partial charge is 0.104 e. The lowest BCUT2D eigenvalue weighted by Crippen LogP contribution is -2.37. The highest BCUT2D eigenvalue weighted by Gasteiger charge is 2.17. The highest BCUT2D eigenvalue weighted by atomic mass is 32.3. The fourth-order valence-electron chi connectivity index (χ4n) is 4.42. The molecule has 0 saturated heterocycles. The molecule has 0 N–H and O–H groups in total. The minimum Gasteiger partial charge on any atom is -0.759 e. The molecule has 4 aromatic rings. The maximum Gasteiger partial charge on any atom is 0.104 e. The Kier molecular flexibility index (Phi) is 12.5. The number of rotatable bonds is 8. The van der Waals surface area contributed by atoms with Gasteiger partial charge in [0.2, 0.25) is 0 Å². The van der Waals surface area contributed by atoms with E-state index < -0.39 is 10.4 Å². The average molecular weight is 549 g/mol. The van der Waals surface area contributed by atoms with E-state index in [0.717, 1.165) is 35.1 Å². The molecular weight excluding hydrogens is 508 g/mol. The molecule has 7 heteroatoms. The Morgan fingerprint density at radius 1 is 0.436 bits per heavy atom. The average Bonchev–Trinajstić information content (AvgIpc) is 2.85. The van der Waals surface area contributed by atoms with Crippen LogP contribution in [0.5, 0.6) is 0 Å². The van der Waals surface area contributed by atoms with E-state index in [0.29, 0.717) is 0 Å². The van der Waals surface area contributed by atoms with Crippen molar-refractivity contribution < 1.29 is 26.5 Å². The predicted molar refractivity (Wildman–Crippen MR) is 155 cm³/mol. The minimum absolute atomic E-state index is 0.980. The van der Waals surface area contributed by atoms with Crippen LogP contribution in [0.3, 0.4) is 0 Å². The van der Waals surface area contributed by atoms with Crippen LogP contribution < -0.4 is 0 Å². The van der Waals surface area contributed by atoms with Crippen LogP contribution in [0.4, 0.5) is 0 Å². The Hall–Kier alpha value is -3.33. The SMILES string of the molecule is C[N+](C)(Cc1ccccc1)Cc1ccccc1.C[N+](C)(Cc1ccccc1)Cc1ccccc1.O=S(=O)([O-])[O-]. The van der Waals surface area contributed by atoms with Gasteiger partial charge in [-0.25, -0.2) is 0 Å². The number of hydrogen-bond acceptors (Lipinski definition) is 4. The summed E-state index contributed by atoms with van der Waals surface area (Å²) in [7, 11) is 3.94. The van der Waals surface area contributed by atoms with Gasteiger partial charge in [-0.2, -0.15) is 0 Å². The fourth-order valence-corrected chi connectivity index (χ4v) is 4.42. The Bertz CT molecular complexity index is 1130. The molecule has 0 spiro atoms. The zero-order chi connectivity index (χ0) is 28.8. The number of quaternary nitrogens is 2. The summed E-state index contributed by atoms with van der Waals surface area (Å²) in [5, 5.41) is 0. The summed E-state index contributed by atoms with van der Waals surface area (Å²) in [6.07, 6.45) is 0. The van der Waals surface area contributed by atoms with Gasteiger partial charge < -0.3 is 18.1 Å². The van der Waals surface area contributed by atoms with Crippen molar-refractivity contribution >= 4 is 10.4 Å². The van der Waals surface area contributed by atoms with E-state index in [1.807, 2.05) is 0 Å². The summed E-state index contributed by atoms with van der Waals surface area (Å²) in [5.41, 5.74) is 5.59. The van der Waals surface area contributed by atoms with Gasteiger partial charge in [-0.1, -0.05) is 121 Å². The van der Waals surface area contributed by atoms with Gasteiger partial charge in [-0.15, -0.1) is 0 Å². The first-order chi connectivity index (χ1) is 18.3. The molecule has 0 aliphatic rings. The molecular formula is C32H40N2O4S. The van der Waals surface area contributed by atoms with Crippen molar-refractivity contribution in [2.75, 3.05) is 28.2 Å². The van der Waals surface area contributed by atoms with Crippen LogP contribution >= 0.6 is 0 Å². The van der Waals surface area contributed by atoms with Crippen LogP contribution in [0.15, 0.2) is 121 Å². The Labute approximate surface area is 234 Å². The van der Waals surface area contributed by atoms with E-state index >= 15 is 0 Å². The molecule has 0 aromatic heterocycles. The van der Waals surface area contributed by atoms with Gasteiger partial charge in [0.25, 0.3) is 0 Å². The maximum atomic E-state index is 8.52. The van der Waals surface area contributed by atoms with Gasteiger partial charge in [0.15, 0.2) is 0 Å². The largest absolute Gasteiger partial charge is 0.759 e. The molecule has 208 valence electrons. The monoisotopic (exact) mass is 548 g/mol. The Morgan fingerprint density at radius 2 is 0.590 bits per heavy atom. The van der Waals surface area contributed by atoms with E-state index in [2.05, 4.69) is 150 Å². The van der Waals surface area contributed by atoms with E-state index in [4.69, 9.17) is 17.5 Å². The molecule has 0 saturated carbocycles. The Balaban J connectivity index is 0.000000234. The van der Waals surface area contributed by atoms with Gasteiger partial charge in [0.1, 0.15) is 26.2 Å². The van der Waals surface area contributed by atoms with E-state index in [9.17, 15) is 0 Å². The minimum atomic E-state index is -5.17. The molecule has 4 rings (SSSR count). The lowest BCUT2D eigenvalue weighted by Gasteiger charge is -2.30. The fraction of sp³-hybridized carbons (Fsp3) is 0.250. The van der Waals surface area contributed by atoms with Crippen LogP contribution in [0.1, 0.15) is 22.3 Å². The molecule has 0 heterocycles. The van der Waals surface area contributed by atoms with Crippen molar-refractivity contribution in [1.82, 2.24) is 0 Å². The molecule has 0 radical (unpaired) electrons. The van der Waals surface area contributed by atoms with Crippen molar-refractivity contribution in [3.8, 4) is 0 Å². The second kappa shape index (κ2) is 15.3. The topological polar surface area (TPSA) is 80.3 Å². The van der Waals surface area contributed by atoms with E-state index in [1.54, 1.807) is 0 Å². The second-order valence-electron chi connectivity index (χ2n) is 10.9. The summed E-state index contributed by atoms with van der Waals surface area (Å²) in [6.45, 7) is 4.26. The molecule has 0 aliphatic carbocycles. The van der Waals surface area contributed by atoms with Crippen molar-refractivity contribution in [2.45, 2.75) is 26.2 Å². The zero-order valence-corrected chi connectivity index (χ0v) is 24.1. The number of nitrogens with zero attached hydrogens (tertiary/aromatic N) is 2. The summed E-state index contributed by atoms with van der Waals surface area (Å²) < 4.78 is 36.0. The molecule has 6 nitrogen and oxygen atoms in total. The van der Waals surface area contributed by atoms with Gasteiger partial charge in [-0.05, 0) is 0 Å². The van der Waals surface area contributed by atoms with Gasteiger partial charge in [0.05, 0.1) is 28.2 Å². The quantitative estimate of drug-likeness (QED) is 0.163. The third-order valence-corrected chi connectivity index (χ3v) is 5.81. The van der Waals surface area contributed by atoms with Crippen molar-refractivity contribution in [3.63, 3.8) is 0 Å². The van der Waals surface area contributed by atoms with Crippen LogP contribution in [0.25, 0.3) is 0 Å². The summed E-state index contributed by atoms with van der Waals surface area (Å²) in [4.78, 5) is 0. The third-order valence-electron chi connectivity index (χ3n) is 5.81. The predicted octanol–water partition coefficient (Wildman–Crippen LogP) is 5.59. The highest BCUT2D eigenvalue weighted by molar-refractivity contribution is 7.79. The Morgan fingerprint density at radius 3 is 0.744 bits per heavy atom. The maximum absolute atomic E-state index is 8.52. The molecule has 4 aromatic carbocycles. The lowest BCUT2D eigenvalue weighted by molar-refractivity contribution is -0.916. The molecule has 0 bridgehead atoms. The van der Waals surface area contributed by atoms with Crippen LogP contribution in [0.2, 0.25) is 0 Å². The first kappa shape index (κ1) is 31.9. The highest BCUT2D eigenvalue weighted by Crippen LogP contribution is 2.15. The van der Waals surface area contributed by atoms with Gasteiger partial charge in [0, 0.05) is 32.7 Å². The molecule has 0 atom stereocenters. The molecule has 0 aliphatic heterocycles. The zero-order valence-electron chi connectivity index (χ0n) is 23.3. The third kappa shape index (κ3) is 15.6. The van der Waals surface area contributed by atoms with Crippen LogP contribution in [-0.2, 0) is 36.6 Å². The summed E-state index contributed by atoms with van der Waals surface area (Å²) in [5.74, 6) is 0. The first-order valence-corrected chi connectivity index (χ1v) is 14.1. The van der Waals surface area contributed by atoms with E-state index in [1.165, 1.54) is 22.3 Å². The number of hydrogen-bond donors (Lipinski definition) is 0. The van der Waals surface area contributed by atoms with Crippen LogP contribution in [-0.4, -0.2) is 54.7 Å². The second-order valence-corrected chi connectivity index (χ2v) is 11.7. The van der Waals surface area contributed by atoms with Gasteiger partial charge >= 0.3 is 0 Å². The van der Waals surface area contributed by atoms with Crippen molar-refractivity contribution in [1.29, 1.82) is 0 Å². The number of benzene rings is 4. The first-order valence-electron chi connectivity index (χ1n) is 12.8. The van der Waals surface area contributed by atoms with Gasteiger partial charge in [-0.3, -0.25) is 8.42 Å². The molecule has 0 fully saturated rings. The standard InChI is InChI=1S/2C16H20N.H2O4S/c2*1-17(2,13-15-9-5-3-6-10-15)14-16-11-7-4-8-12-16;1-5(2,3)4/h2*3-12H,13-14H2,1-2H3;(H2,1,2,3,4)/q2*+1;/p-2. The normalized spacial score (nSPS) is 11.4. The van der Waals surface area contributed by atoms with Crippen LogP contribution in [0, 0.1) is 0 Å².